The zero-order valence-electron chi connectivity index (χ0n) is 11.7. The molecule has 0 heterocycles. The van der Waals surface area contributed by atoms with Crippen LogP contribution in [-0.4, -0.2) is 75.4 Å². The molecule has 0 aliphatic heterocycles. The van der Waals surface area contributed by atoms with E-state index in [4.69, 9.17) is 29.1 Å². The number of nitrogens with zero attached hydrogens (tertiary/aromatic N) is 2. The second-order valence-electron chi connectivity index (χ2n) is 4.15. The Morgan fingerprint density at radius 1 is 0.789 bits per heavy atom. The first-order chi connectivity index (χ1) is 9.28. The van der Waals surface area contributed by atoms with Gasteiger partial charge >= 0.3 is 0 Å². The Morgan fingerprint density at radius 2 is 1.21 bits per heavy atom. The summed E-state index contributed by atoms with van der Waals surface area (Å²) in [5, 5.41) is 0. The number of ether oxygens (including phenoxy) is 1. The molecule has 0 saturated heterocycles. The lowest BCUT2D eigenvalue weighted by Crippen LogP contribution is -2.35. The Labute approximate surface area is 117 Å². The third kappa shape index (κ3) is 10.5. The highest BCUT2D eigenvalue weighted by Crippen LogP contribution is 1.89. The van der Waals surface area contributed by atoms with Crippen LogP contribution in [0.5, 0.6) is 0 Å². The molecule has 0 unspecified atom stereocenters. The van der Waals surface area contributed by atoms with Crippen LogP contribution >= 0.6 is 0 Å². The van der Waals surface area contributed by atoms with Crippen LogP contribution in [0.25, 0.3) is 0 Å². The fourth-order valence-corrected chi connectivity index (χ4v) is 1.65. The Morgan fingerprint density at radius 3 is 1.53 bits per heavy atom. The van der Waals surface area contributed by atoms with Crippen LogP contribution in [0.3, 0.4) is 0 Å². The summed E-state index contributed by atoms with van der Waals surface area (Å²) in [6.45, 7) is 6.91. The van der Waals surface area contributed by atoms with Crippen LogP contribution in [0, 0.1) is 24.7 Å². The first-order valence-corrected chi connectivity index (χ1v) is 6.58. The molecule has 5 heteroatoms. The van der Waals surface area contributed by atoms with E-state index in [-0.39, 0.29) is 0 Å². The molecule has 0 aliphatic carbocycles. The molecule has 0 fully saturated rings. The van der Waals surface area contributed by atoms with E-state index < -0.39 is 0 Å². The molecule has 0 aliphatic rings. The van der Waals surface area contributed by atoms with Crippen LogP contribution in [0.15, 0.2) is 0 Å². The molecule has 108 valence electrons. The summed E-state index contributed by atoms with van der Waals surface area (Å²) in [5.74, 6) is 5.23. The van der Waals surface area contributed by atoms with Crippen LogP contribution in [0.1, 0.15) is 0 Å². The molecule has 0 rings (SSSR count). The van der Waals surface area contributed by atoms with Crippen molar-refractivity contribution in [2.45, 2.75) is 0 Å². The second kappa shape index (κ2) is 13.4. The van der Waals surface area contributed by atoms with Crippen molar-refractivity contribution in [2.24, 2.45) is 11.5 Å². The molecule has 0 aromatic heterocycles. The molecule has 0 aromatic carbocycles. The van der Waals surface area contributed by atoms with E-state index in [1.54, 1.807) is 0 Å². The van der Waals surface area contributed by atoms with Crippen LogP contribution in [-0.2, 0) is 4.74 Å². The average molecular weight is 266 g/mol. The average Bonchev–Trinajstić information content (AvgIpc) is 2.39. The van der Waals surface area contributed by atoms with Crippen LogP contribution in [0.2, 0.25) is 0 Å². The standard InChI is InChI=1S/C14H26N4O/c1-3-7-17(9-5-15)11-13-19-14-12-18(8-4-2)10-6-16/h1-2H,5-16H2. The molecular formula is C14H26N4O. The van der Waals surface area contributed by atoms with Gasteiger partial charge in [0.15, 0.2) is 0 Å². The number of hydrogen-bond donors (Lipinski definition) is 2. The van der Waals surface area contributed by atoms with Gasteiger partial charge in [-0.25, -0.2) is 0 Å². The van der Waals surface area contributed by atoms with Gasteiger partial charge in [0.25, 0.3) is 0 Å². The zero-order chi connectivity index (χ0) is 14.3. The van der Waals surface area contributed by atoms with Gasteiger partial charge in [-0.3, -0.25) is 9.80 Å². The maximum absolute atomic E-state index is 5.58. The normalized spacial score (nSPS) is 10.6. The van der Waals surface area contributed by atoms with Gasteiger partial charge in [0.05, 0.1) is 26.3 Å². The molecule has 0 aromatic rings. The fraction of sp³-hybridized carbons (Fsp3) is 0.714. The Bertz CT molecular complexity index is 254. The Kier molecular flexibility index (Phi) is 12.6. The lowest BCUT2D eigenvalue weighted by atomic mass is 10.4. The maximum Gasteiger partial charge on any atom is 0.0600 e. The minimum atomic E-state index is 0.605. The molecule has 0 atom stereocenters. The third-order valence-electron chi connectivity index (χ3n) is 2.62. The van der Waals surface area contributed by atoms with Crippen molar-refractivity contribution in [3.63, 3.8) is 0 Å². The number of rotatable bonds is 12. The van der Waals surface area contributed by atoms with Gasteiger partial charge in [-0.05, 0) is 0 Å². The van der Waals surface area contributed by atoms with E-state index in [1.807, 2.05) is 0 Å². The summed E-state index contributed by atoms with van der Waals surface area (Å²) in [7, 11) is 0. The topological polar surface area (TPSA) is 67.8 Å². The molecule has 19 heavy (non-hydrogen) atoms. The summed E-state index contributed by atoms with van der Waals surface area (Å²) in [6, 6.07) is 0. The molecule has 4 N–H and O–H groups in total. The van der Waals surface area contributed by atoms with E-state index in [9.17, 15) is 0 Å². The molecular weight excluding hydrogens is 240 g/mol. The van der Waals surface area contributed by atoms with Gasteiger partial charge in [0.1, 0.15) is 0 Å². The second-order valence-corrected chi connectivity index (χ2v) is 4.15. The van der Waals surface area contributed by atoms with Gasteiger partial charge < -0.3 is 16.2 Å². The largest absolute Gasteiger partial charge is 0.379 e. The summed E-state index contributed by atoms with van der Waals surface area (Å²) < 4.78 is 5.58. The van der Waals surface area contributed by atoms with E-state index in [2.05, 4.69) is 21.6 Å². The van der Waals surface area contributed by atoms with Gasteiger partial charge in [0.2, 0.25) is 0 Å². The monoisotopic (exact) mass is 266 g/mol. The number of terminal acetylenes is 2. The SMILES string of the molecule is C#CCN(CCN)CCOCCN(CC#C)CCN. The Balaban J connectivity index is 3.66. The van der Waals surface area contributed by atoms with E-state index in [0.29, 0.717) is 39.4 Å². The van der Waals surface area contributed by atoms with Gasteiger partial charge in [-0.2, -0.15) is 0 Å². The van der Waals surface area contributed by atoms with Crippen molar-refractivity contribution in [2.75, 3.05) is 65.6 Å². The molecule has 0 radical (unpaired) electrons. The predicted octanol–water partition coefficient (Wildman–Crippen LogP) is -1.21. The van der Waals surface area contributed by atoms with Crippen LogP contribution in [0.4, 0.5) is 0 Å². The summed E-state index contributed by atoms with van der Waals surface area (Å²) >= 11 is 0. The van der Waals surface area contributed by atoms with E-state index in [1.165, 1.54) is 0 Å². The highest BCUT2D eigenvalue weighted by Gasteiger charge is 2.03. The highest BCUT2D eigenvalue weighted by atomic mass is 16.5. The zero-order valence-corrected chi connectivity index (χ0v) is 11.7. The third-order valence-corrected chi connectivity index (χ3v) is 2.62. The first-order valence-electron chi connectivity index (χ1n) is 6.58. The quantitative estimate of drug-likeness (QED) is 0.343. The molecule has 0 amide bonds. The van der Waals surface area contributed by atoms with Crippen molar-refractivity contribution in [1.29, 1.82) is 0 Å². The van der Waals surface area contributed by atoms with Crippen molar-refractivity contribution in [1.82, 2.24) is 9.80 Å². The summed E-state index contributed by atoms with van der Waals surface area (Å²) in [4.78, 5) is 4.19. The molecule has 0 saturated carbocycles. The van der Waals surface area contributed by atoms with Crippen molar-refractivity contribution >= 4 is 0 Å². The smallest absolute Gasteiger partial charge is 0.0600 e. The van der Waals surface area contributed by atoms with Crippen molar-refractivity contribution in [3.05, 3.63) is 0 Å². The lowest BCUT2D eigenvalue weighted by molar-refractivity contribution is 0.0901. The van der Waals surface area contributed by atoms with E-state index in [0.717, 1.165) is 26.2 Å². The number of nitrogens with two attached hydrogens (primary N) is 2. The minimum Gasteiger partial charge on any atom is -0.379 e. The predicted molar refractivity (Wildman–Crippen MR) is 79.5 cm³/mol. The highest BCUT2D eigenvalue weighted by molar-refractivity contribution is 4.88. The number of hydrogen-bond acceptors (Lipinski definition) is 5. The minimum absolute atomic E-state index is 0.605. The van der Waals surface area contributed by atoms with Crippen molar-refractivity contribution < 1.29 is 4.74 Å². The molecule has 5 nitrogen and oxygen atoms in total. The van der Waals surface area contributed by atoms with Gasteiger partial charge in [0, 0.05) is 39.3 Å². The summed E-state index contributed by atoms with van der Waals surface area (Å²) in [5.41, 5.74) is 11.0. The van der Waals surface area contributed by atoms with Gasteiger partial charge in [-0.1, -0.05) is 11.8 Å². The maximum atomic E-state index is 5.58. The van der Waals surface area contributed by atoms with Gasteiger partial charge in [-0.15, -0.1) is 12.8 Å². The fourth-order valence-electron chi connectivity index (χ4n) is 1.65. The lowest BCUT2D eigenvalue weighted by Gasteiger charge is -2.20. The van der Waals surface area contributed by atoms with E-state index >= 15 is 0 Å². The summed E-state index contributed by atoms with van der Waals surface area (Å²) in [6.07, 6.45) is 10.6. The molecule has 0 spiro atoms. The Hall–Kier alpha value is -1.08. The van der Waals surface area contributed by atoms with Crippen molar-refractivity contribution in [3.8, 4) is 24.7 Å². The molecule has 0 bridgehead atoms. The van der Waals surface area contributed by atoms with Crippen LogP contribution < -0.4 is 11.5 Å². The first kappa shape index (κ1) is 17.9.